The van der Waals surface area contributed by atoms with E-state index in [1.54, 1.807) is 0 Å². The van der Waals surface area contributed by atoms with E-state index in [9.17, 15) is 13.2 Å². The molecule has 7 heteroatoms. The van der Waals surface area contributed by atoms with Crippen molar-refractivity contribution in [3.8, 4) is 0 Å². The van der Waals surface area contributed by atoms with E-state index in [0.29, 0.717) is 6.42 Å². The maximum Gasteiger partial charge on any atom is 0.305 e. The summed E-state index contributed by atoms with van der Waals surface area (Å²) in [4.78, 5) is 10.8. The smallest absolute Gasteiger partial charge is 0.305 e. The van der Waals surface area contributed by atoms with Gasteiger partial charge in [0.05, 0.1) is 12.9 Å². The number of ether oxygens (including phenoxy) is 1. The average molecular weight is 339 g/mol. The molecule has 0 aliphatic rings. The van der Waals surface area contributed by atoms with Crippen LogP contribution in [0.4, 0.5) is 0 Å². The molecule has 22 heavy (non-hydrogen) atoms. The molecule has 0 aliphatic carbocycles. The maximum absolute atomic E-state index is 10.8. The Labute approximate surface area is 135 Å². The standard InChI is InChI=1S/C13H26O2.C2H7NO3S/c1-3-4-5-6-7-8-9-10-11-12-13(14)15-2;3-1-2-7(4,5)6/h3-12H2,1-2H3;1-3H2,(H,4,5,6). The maximum atomic E-state index is 10.8. The van der Waals surface area contributed by atoms with Gasteiger partial charge in [0.15, 0.2) is 0 Å². The molecule has 6 nitrogen and oxygen atoms in total. The number of methoxy groups -OCH3 is 1. The van der Waals surface area contributed by atoms with Crippen LogP contribution in [0.15, 0.2) is 0 Å². The summed E-state index contributed by atoms with van der Waals surface area (Å²) in [5.41, 5.74) is 4.78. The summed E-state index contributed by atoms with van der Waals surface area (Å²) in [5.74, 6) is -0.426. The van der Waals surface area contributed by atoms with E-state index < -0.39 is 10.1 Å². The number of hydrogen-bond acceptors (Lipinski definition) is 5. The predicted molar refractivity (Wildman–Crippen MR) is 89.3 cm³/mol. The van der Waals surface area contributed by atoms with Gasteiger partial charge in [0, 0.05) is 13.0 Å². The van der Waals surface area contributed by atoms with E-state index in [0.717, 1.165) is 6.42 Å². The fourth-order valence-corrected chi connectivity index (χ4v) is 2.13. The van der Waals surface area contributed by atoms with Crippen molar-refractivity contribution >= 4 is 16.1 Å². The molecule has 3 N–H and O–H groups in total. The fourth-order valence-electron chi connectivity index (χ4n) is 1.83. The molecule has 0 aromatic rings. The molecule has 0 atom stereocenters. The molecule has 0 saturated carbocycles. The molecule has 0 aromatic heterocycles. The van der Waals surface area contributed by atoms with Crippen LogP contribution in [0.1, 0.15) is 71.1 Å². The van der Waals surface area contributed by atoms with Crippen molar-refractivity contribution < 1.29 is 22.5 Å². The Morgan fingerprint density at radius 2 is 1.45 bits per heavy atom. The second-order valence-electron chi connectivity index (χ2n) is 5.23. The van der Waals surface area contributed by atoms with Gasteiger partial charge >= 0.3 is 5.97 Å². The zero-order valence-electron chi connectivity index (χ0n) is 14.1. The van der Waals surface area contributed by atoms with E-state index in [1.165, 1.54) is 58.5 Å². The van der Waals surface area contributed by atoms with E-state index in [4.69, 9.17) is 10.3 Å². The molecule has 0 fully saturated rings. The molecule has 0 aromatic carbocycles. The van der Waals surface area contributed by atoms with Gasteiger partial charge in [-0.05, 0) is 6.42 Å². The second-order valence-corrected chi connectivity index (χ2v) is 6.80. The van der Waals surface area contributed by atoms with E-state index in [1.807, 2.05) is 0 Å². The molecule has 0 amide bonds. The Morgan fingerprint density at radius 3 is 1.77 bits per heavy atom. The third-order valence-electron chi connectivity index (χ3n) is 3.09. The molecule has 0 unspecified atom stereocenters. The van der Waals surface area contributed by atoms with Gasteiger partial charge in [-0.15, -0.1) is 0 Å². The Morgan fingerprint density at radius 1 is 1.00 bits per heavy atom. The summed E-state index contributed by atoms with van der Waals surface area (Å²) in [7, 11) is -2.34. The molecule has 0 bridgehead atoms. The molecule has 0 aliphatic heterocycles. The van der Waals surface area contributed by atoms with Crippen LogP contribution in [0.25, 0.3) is 0 Å². The third kappa shape index (κ3) is 24.4. The topological polar surface area (TPSA) is 107 Å². The lowest BCUT2D eigenvalue weighted by Gasteiger charge is -2.01. The minimum atomic E-state index is -3.80. The average Bonchev–Trinajstić information content (AvgIpc) is 2.44. The first-order chi connectivity index (χ1) is 10.4. The summed E-state index contributed by atoms with van der Waals surface area (Å²) in [5, 5.41) is 0. The quantitative estimate of drug-likeness (QED) is 0.322. The number of esters is 1. The highest BCUT2D eigenvalue weighted by molar-refractivity contribution is 7.85. The van der Waals surface area contributed by atoms with Crippen LogP contribution in [0.2, 0.25) is 0 Å². The number of carbonyl (C=O) groups excluding carboxylic acids is 1. The molecular weight excluding hydrogens is 306 g/mol. The van der Waals surface area contributed by atoms with Crippen LogP contribution in [-0.2, 0) is 19.6 Å². The van der Waals surface area contributed by atoms with Crippen molar-refractivity contribution in [1.82, 2.24) is 0 Å². The van der Waals surface area contributed by atoms with Crippen LogP contribution in [0.5, 0.6) is 0 Å². The van der Waals surface area contributed by atoms with Gasteiger partial charge in [0.1, 0.15) is 0 Å². The lowest BCUT2D eigenvalue weighted by molar-refractivity contribution is -0.140. The van der Waals surface area contributed by atoms with Crippen molar-refractivity contribution in [3.05, 3.63) is 0 Å². The van der Waals surface area contributed by atoms with Crippen LogP contribution in [0.3, 0.4) is 0 Å². The van der Waals surface area contributed by atoms with E-state index in [-0.39, 0.29) is 18.3 Å². The Bertz CT molecular complexity index is 344. The molecule has 0 spiro atoms. The number of hydrogen-bond donors (Lipinski definition) is 2. The van der Waals surface area contributed by atoms with Crippen molar-refractivity contribution in [3.63, 3.8) is 0 Å². The van der Waals surface area contributed by atoms with Crippen molar-refractivity contribution in [2.45, 2.75) is 71.1 Å². The first-order valence-corrected chi connectivity index (χ1v) is 9.70. The van der Waals surface area contributed by atoms with Gasteiger partial charge in [0.2, 0.25) is 0 Å². The first-order valence-electron chi connectivity index (χ1n) is 8.09. The van der Waals surface area contributed by atoms with Crippen LogP contribution < -0.4 is 5.73 Å². The lowest BCUT2D eigenvalue weighted by atomic mass is 10.1. The monoisotopic (exact) mass is 339 g/mol. The lowest BCUT2D eigenvalue weighted by Crippen LogP contribution is -2.13. The SMILES string of the molecule is CCCCCCCCCCCC(=O)OC.NCCS(=O)(=O)O. The summed E-state index contributed by atoms with van der Waals surface area (Å²) < 4.78 is 31.9. The van der Waals surface area contributed by atoms with Gasteiger partial charge in [0.25, 0.3) is 10.1 Å². The predicted octanol–water partition coefficient (Wildman–Crippen LogP) is 2.91. The summed E-state index contributed by atoms with van der Waals surface area (Å²) in [6.07, 6.45) is 12.2. The molecule has 0 heterocycles. The Hall–Kier alpha value is -0.660. The normalized spacial score (nSPS) is 10.7. The second kappa shape index (κ2) is 16.7. The number of unbranched alkanes of at least 4 members (excludes halogenated alkanes) is 8. The molecule has 134 valence electrons. The third-order valence-corrected chi connectivity index (χ3v) is 3.84. The minimum Gasteiger partial charge on any atom is -0.469 e. The highest BCUT2D eigenvalue weighted by Gasteiger charge is 1.99. The fraction of sp³-hybridized carbons (Fsp3) is 0.933. The van der Waals surface area contributed by atoms with Crippen LogP contribution in [0, 0.1) is 0 Å². The van der Waals surface area contributed by atoms with Gasteiger partial charge < -0.3 is 10.5 Å². The number of nitrogens with two attached hydrogens (primary N) is 1. The van der Waals surface area contributed by atoms with E-state index >= 15 is 0 Å². The van der Waals surface area contributed by atoms with Gasteiger partial charge in [-0.1, -0.05) is 58.3 Å². The molecule has 0 saturated heterocycles. The summed E-state index contributed by atoms with van der Waals surface area (Å²) in [6.45, 7) is 2.21. The Kier molecular flexibility index (Phi) is 17.9. The summed E-state index contributed by atoms with van der Waals surface area (Å²) >= 11 is 0. The Balaban J connectivity index is 0. The number of carbonyl (C=O) groups is 1. The van der Waals surface area contributed by atoms with Crippen LogP contribution >= 0.6 is 0 Å². The molecule has 0 rings (SSSR count). The number of rotatable bonds is 12. The van der Waals surface area contributed by atoms with Gasteiger partial charge in [-0.2, -0.15) is 8.42 Å². The van der Waals surface area contributed by atoms with Gasteiger partial charge in [-0.3, -0.25) is 9.35 Å². The van der Waals surface area contributed by atoms with Crippen molar-refractivity contribution in [2.24, 2.45) is 5.73 Å². The van der Waals surface area contributed by atoms with Gasteiger partial charge in [-0.25, -0.2) is 0 Å². The van der Waals surface area contributed by atoms with E-state index in [2.05, 4.69) is 11.7 Å². The first kappa shape index (κ1) is 23.6. The highest BCUT2D eigenvalue weighted by atomic mass is 32.2. The summed E-state index contributed by atoms with van der Waals surface area (Å²) in [6, 6.07) is 0. The molecule has 0 radical (unpaired) electrons. The van der Waals surface area contributed by atoms with Crippen molar-refractivity contribution in [1.29, 1.82) is 0 Å². The zero-order chi connectivity index (χ0) is 17.3. The minimum absolute atomic E-state index is 0.0289. The molecular formula is C15H33NO5S. The zero-order valence-corrected chi connectivity index (χ0v) is 14.9. The largest absolute Gasteiger partial charge is 0.469 e. The van der Waals surface area contributed by atoms with Crippen molar-refractivity contribution in [2.75, 3.05) is 19.4 Å². The van der Waals surface area contributed by atoms with Crippen LogP contribution in [-0.4, -0.2) is 38.3 Å². The highest BCUT2D eigenvalue weighted by Crippen LogP contribution is 2.10.